The number of aliphatic hydroxyl groups excluding tert-OH is 1. The van der Waals surface area contributed by atoms with Crippen LogP contribution in [0.5, 0.6) is 5.75 Å². The first-order valence-electron chi connectivity index (χ1n) is 6.66. The third-order valence-corrected chi connectivity index (χ3v) is 2.99. The first kappa shape index (κ1) is 14.9. The highest BCUT2D eigenvalue weighted by atomic mass is 16.5. The third kappa shape index (κ3) is 3.98. The van der Waals surface area contributed by atoms with E-state index in [1.807, 2.05) is 24.3 Å². The predicted octanol–water partition coefficient (Wildman–Crippen LogP) is 1.64. The molecule has 0 spiro atoms. The molecule has 0 bridgehead atoms. The van der Waals surface area contributed by atoms with Crippen LogP contribution in [0.3, 0.4) is 0 Å². The topological polar surface area (TPSA) is 51.5 Å². The third-order valence-electron chi connectivity index (χ3n) is 2.99. The summed E-state index contributed by atoms with van der Waals surface area (Å²) in [7, 11) is 1.60. The highest BCUT2D eigenvalue weighted by Crippen LogP contribution is 2.20. The summed E-state index contributed by atoms with van der Waals surface area (Å²) in [5.74, 6) is 6.59. The number of methoxy groups -OCH3 is 1. The first-order valence-corrected chi connectivity index (χ1v) is 6.66. The standard InChI is InChI=1S/C17H17NO3/c1-21-16-9-8-14(6-3-5-11-19)12-15(16)13-18-10-4-2-7-17(18)20/h2,4,7-10,12,19H,5,11,13H2,1H3. The van der Waals surface area contributed by atoms with Gasteiger partial charge in [-0.05, 0) is 24.3 Å². The van der Waals surface area contributed by atoms with Crippen molar-refractivity contribution in [2.45, 2.75) is 13.0 Å². The Hall–Kier alpha value is -2.51. The molecule has 1 aromatic carbocycles. The Morgan fingerprint density at radius 2 is 2.14 bits per heavy atom. The van der Waals surface area contributed by atoms with Crippen LogP contribution in [-0.4, -0.2) is 23.4 Å². The summed E-state index contributed by atoms with van der Waals surface area (Å²) in [4.78, 5) is 11.8. The fraction of sp³-hybridized carbons (Fsp3) is 0.235. The second-order valence-corrected chi connectivity index (χ2v) is 4.47. The van der Waals surface area contributed by atoms with Crippen molar-refractivity contribution < 1.29 is 9.84 Å². The molecule has 2 rings (SSSR count). The summed E-state index contributed by atoms with van der Waals surface area (Å²) >= 11 is 0. The summed E-state index contributed by atoms with van der Waals surface area (Å²) in [6, 6.07) is 10.7. The average Bonchev–Trinajstić information content (AvgIpc) is 2.50. The number of hydrogen-bond acceptors (Lipinski definition) is 3. The lowest BCUT2D eigenvalue weighted by Gasteiger charge is -2.10. The Kier molecular flexibility index (Phi) is 5.19. The number of aliphatic hydroxyl groups is 1. The maximum atomic E-state index is 11.8. The molecule has 1 aromatic heterocycles. The fourth-order valence-electron chi connectivity index (χ4n) is 1.98. The minimum atomic E-state index is -0.0590. The molecule has 1 heterocycles. The number of hydrogen-bond donors (Lipinski definition) is 1. The van der Waals surface area contributed by atoms with Crippen LogP contribution in [0.25, 0.3) is 0 Å². The number of ether oxygens (including phenoxy) is 1. The van der Waals surface area contributed by atoms with Gasteiger partial charge in [-0.2, -0.15) is 0 Å². The van der Waals surface area contributed by atoms with Gasteiger partial charge in [0.25, 0.3) is 5.56 Å². The molecule has 0 amide bonds. The van der Waals surface area contributed by atoms with Gasteiger partial charge < -0.3 is 14.4 Å². The number of rotatable bonds is 4. The average molecular weight is 283 g/mol. The smallest absolute Gasteiger partial charge is 0.250 e. The molecule has 0 atom stereocenters. The lowest BCUT2D eigenvalue weighted by atomic mass is 10.1. The van der Waals surface area contributed by atoms with E-state index in [0.29, 0.717) is 13.0 Å². The Balaban J connectivity index is 2.33. The molecule has 108 valence electrons. The van der Waals surface area contributed by atoms with E-state index in [1.54, 1.807) is 23.9 Å². The number of pyridine rings is 1. The minimum Gasteiger partial charge on any atom is -0.496 e. The largest absolute Gasteiger partial charge is 0.496 e. The van der Waals surface area contributed by atoms with Gasteiger partial charge in [-0.3, -0.25) is 4.79 Å². The van der Waals surface area contributed by atoms with E-state index in [9.17, 15) is 4.79 Å². The molecule has 0 radical (unpaired) electrons. The van der Waals surface area contributed by atoms with Crippen molar-refractivity contribution in [3.05, 3.63) is 64.1 Å². The quantitative estimate of drug-likeness (QED) is 0.868. The lowest BCUT2D eigenvalue weighted by Crippen LogP contribution is -2.18. The molecule has 21 heavy (non-hydrogen) atoms. The van der Waals surface area contributed by atoms with E-state index in [2.05, 4.69) is 11.8 Å². The lowest BCUT2D eigenvalue weighted by molar-refractivity contribution is 0.305. The van der Waals surface area contributed by atoms with Crippen molar-refractivity contribution >= 4 is 0 Å². The van der Waals surface area contributed by atoms with E-state index in [4.69, 9.17) is 9.84 Å². The minimum absolute atomic E-state index is 0.0510. The maximum absolute atomic E-state index is 11.8. The van der Waals surface area contributed by atoms with Gasteiger partial charge in [-0.1, -0.05) is 17.9 Å². The first-order chi connectivity index (χ1) is 10.2. The van der Waals surface area contributed by atoms with Gasteiger partial charge in [0.1, 0.15) is 5.75 Å². The van der Waals surface area contributed by atoms with Crippen LogP contribution in [0.1, 0.15) is 17.5 Å². The summed E-state index contributed by atoms with van der Waals surface area (Å²) < 4.78 is 6.95. The molecule has 0 aliphatic carbocycles. The Bertz CT molecular complexity index is 723. The molecular weight excluding hydrogens is 266 g/mol. The monoisotopic (exact) mass is 283 g/mol. The number of nitrogens with zero attached hydrogens (tertiary/aromatic N) is 1. The van der Waals surface area contributed by atoms with Crippen molar-refractivity contribution in [2.75, 3.05) is 13.7 Å². The van der Waals surface area contributed by atoms with Gasteiger partial charge >= 0.3 is 0 Å². The van der Waals surface area contributed by atoms with Crippen LogP contribution in [0.15, 0.2) is 47.4 Å². The Morgan fingerprint density at radius 1 is 1.29 bits per heavy atom. The molecule has 0 saturated carbocycles. The predicted molar refractivity (Wildman–Crippen MR) is 81.4 cm³/mol. The van der Waals surface area contributed by atoms with Gasteiger partial charge in [0.05, 0.1) is 20.3 Å². The second kappa shape index (κ2) is 7.32. The molecular formula is C17H17NO3. The van der Waals surface area contributed by atoms with Gasteiger partial charge in [0, 0.05) is 29.8 Å². The van der Waals surface area contributed by atoms with Gasteiger partial charge in [-0.15, -0.1) is 0 Å². The van der Waals surface area contributed by atoms with Crippen molar-refractivity contribution in [1.29, 1.82) is 0 Å². The molecule has 4 heteroatoms. The summed E-state index contributed by atoms with van der Waals surface area (Å²) in [6.45, 7) is 0.480. The molecule has 0 saturated heterocycles. The highest BCUT2D eigenvalue weighted by Gasteiger charge is 2.05. The van der Waals surface area contributed by atoms with Crippen LogP contribution >= 0.6 is 0 Å². The molecule has 0 aliphatic rings. The van der Waals surface area contributed by atoms with Crippen LogP contribution in [0.2, 0.25) is 0 Å². The van der Waals surface area contributed by atoms with Crippen LogP contribution in [0.4, 0.5) is 0 Å². The zero-order chi connectivity index (χ0) is 15.1. The summed E-state index contributed by atoms with van der Waals surface area (Å²) in [5.41, 5.74) is 1.67. The van der Waals surface area contributed by atoms with Crippen molar-refractivity contribution in [3.8, 4) is 17.6 Å². The zero-order valence-corrected chi connectivity index (χ0v) is 11.9. The SMILES string of the molecule is COc1ccc(C#CCCO)cc1Cn1ccccc1=O. The fourth-order valence-corrected chi connectivity index (χ4v) is 1.98. The molecule has 4 nitrogen and oxygen atoms in total. The molecule has 2 aromatic rings. The molecule has 1 N–H and O–H groups in total. The van der Waals surface area contributed by atoms with Crippen LogP contribution in [0, 0.1) is 11.8 Å². The van der Waals surface area contributed by atoms with Crippen molar-refractivity contribution in [2.24, 2.45) is 0 Å². The molecule has 0 aliphatic heterocycles. The zero-order valence-electron chi connectivity index (χ0n) is 11.9. The van der Waals surface area contributed by atoms with Gasteiger partial charge in [0.2, 0.25) is 0 Å². The number of benzene rings is 1. The normalized spacial score (nSPS) is 9.81. The Labute approximate surface area is 123 Å². The van der Waals surface area contributed by atoms with E-state index >= 15 is 0 Å². The summed E-state index contributed by atoms with van der Waals surface area (Å²) in [6.07, 6.45) is 2.19. The van der Waals surface area contributed by atoms with E-state index in [1.165, 1.54) is 6.07 Å². The van der Waals surface area contributed by atoms with Crippen LogP contribution in [-0.2, 0) is 6.54 Å². The van der Waals surface area contributed by atoms with Crippen molar-refractivity contribution in [3.63, 3.8) is 0 Å². The maximum Gasteiger partial charge on any atom is 0.250 e. The highest BCUT2D eigenvalue weighted by molar-refractivity contribution is 5.44. The molecule has 0 unspecified atom stereocenters. The van der Waals surface area contributed by atoms with E-state index in [0.717, 1.165) is 16.9 Å². The summed E-state index contributed by atoms with van der Waals surface area (Å²) in [5, 5.41) is 8.75. The van der Waals surface area contributed by atoms with Gasteiger partial charge in [0.15, 0.2) is 0 Å². The second-order valence-electron chi connectivity index (χ2n) is 4.47. The van der Waals surface area contributed by atoms with E-state index < -0.39 is 0 Å². The molecule has 0 fully saturated rings. The van der Waals surface area contributed by atoms with Crippen molar-refractivity contribution in [1.82, 2.24) is 4.57 Å². The van der Waals surface area contributed by atoms with Gasteiger partial charge in [-0.25, -0.2) is 0 Å². The van der Waals surface area contributed by atoms with E-state index in [-0.39, 0.29) is 12.2 Å². The Morgan fingerprint density at radius 3 is 2.86 bits per heavy atom. The number of aromatic nitrogens is 1. The van der Waals surface area contributed by atoms with Crippen LogP contribution < -0.4 is 10.3 Å².